The van der Waals surface area contributed by atoms with Crippen molar-refractivity contribution < 1.29 is 27.5 Å². The molecule has 1 aromatic carbocycles. The standard InChI is InChI=1S/C16H18N2O6S/c1-17-25(22,23)14-9-8-13(24-14)15(19)18(2)12(16(20)21)10-11-6-4-3-5-7-11/h3-9,12,17H,10H2,1-2H3,(H,20,21). The third-order valence-corrected chi connectivity index (χ3v) is 4.96. The quantitative estimate of drug-likeness (QED) is 0.754. The largest absolute Gasteiger partial charge is 0.480 e. The van der Waals surface area contributed by atoms with Gasteiger partial charge < -0.3 is 14.4 Å². The van der Waals surface area contributed by atoms with E-state index in [-0.39, 0.29) is 12.2 Å². The molecule has 0 bridgehead atoms. The Labute approximate surface area is 145 Å². The van der Waals surface area contributed by atoms with Crippen LogP contribution in [0.2, 0.25) is 0 Å². The number of carbonyl (C=O) groups is 2. The zero-order valence-electron chi connectivity index (χ0n) is 13.7. The molecule has 0 spiro atoms. The van der Waals surface area contributed by atoms with E-state index >= 15 is 0 Å². The molecule has 0 aliphatic rings. The number of sulfonamides is 1. The number of hydrogen-bond donors (Lipinski definition) is 2. The fourth-order valence-electron chi connectivity index (χ4n) is 2.22. The molecule has 2 aromatic rings. The molecule has 2 N–H and O–H groups in total. The van der Waals surface area contributed by atoms with E-state index in [1.807, 2.05) is 0 Å². The van der Waals surface area contributed by atoms with Gasteiger partial charge in [0.15, 0.2) is 5.76 Å². The molecule has 9 heteroatoms. The minimum Gasteiger partial charge on any atom is -0.480 e. The number of benzene rings is 1. The van der Waals surface area contributed by atoms with Crippen molar-refractivity contribution in [3.63, 3.8) is 0 Å². The number of hydrogen-bond acceptors (Lipinski definition) is 5. The van der Waals surface area contributed by atoms with Crippen LogP contribution in [0.4, 0.5) is 0 Å². The number of amides is 1. The number of likely N-dealkylation sites (N-methyl/N-ethyl adjacent to an activating group) is 1. The second kappa shape index (κ2) is 7.49. The van der Waals surface area contributed by atoms with Crippen LogP contribution in [0.15, 0.2) is 52.0 Å². The van der Waals surface area contributed by atoms with Crippen molar-refractivity contribution in [3.05, 3.63) is 53.8 Å². The SMILES string of the molecule is CNS(=O)(=O)c1ccc(C(=O)N(C)C(Cc2ccccc2)C(=O)O)o1. The van der Waals surface area contributed by atoms with Crippen LogP contribution < -0.4 is 4.72 Å². The van der Waals surface area contributed by atoms with Gasteiger partial charge in [-0.25, -0.2) is 17.9 Å². The summed E-state index contributed by atoms with van der Waals surface area (Å²) in [5.74, 6) is -2.15. The number of nitrogens with one attached hydrogen (secondary N) is 1. The Morgan fingerprint density at radius 1 is 1.20 bits per heavy atom. The number of rotatable bonds is 7. The summed E-state index contributed by atoms with van der Waals surface area (Å²) in [6.07, 6.45) is 0.112. The van der Waals surface area contributed by atoms with E-state index in [1.54, 1.807) is 30.3 Å². The van der Waals surface area contributed by atoms with Gasteiger partial charge in [0.05, 0.1) is 0 Å². The van der Waals surface area contributed by atoms with Gasteiger partial charge >= 0.3 is 5.97 Å². The maximum atomic E-state index is 12.5. The Balaban J connectivity index is 2.23. The van der Waals surface area contributed by atoms with Gasteiger partial charge in [0, 0.05) is 13.5 Å². The van der Waals surface area contributed by atoms with Gasteiger partial charge in [-0.15, -0.1) is 0 Å². The molecule has 8 nitrogen and oxygen atoms in total. The lowest BCUT2D eigenvalue weighted by Crippen LogP contribution is -2.43. The van der Waals surface area contributed by atoms with Crippen molar-refractivity contribution in [1.82, 2.24) is 9.62 Å². The Morgan fingerprint density at radius 2 is 1.84 bits per heavy atom. The number of aliphatic carboxylic acids is 1. The minimum atomic E-state index is -3.83. The number of nitrogens with zero attached hydrogens (tertiary/aromatic N) is 1. The average Bonchev–Trinajstić information content (AvgIpc) is 3.10. The van der Waals surface area contributed by atoms with Gasteiger partial charge in [0.25, 0.3) is 15.9 Å². The van der Waals surface area contributed by atoms with E-state index in [2.05, 4.69) is 4.72 Å². The first-order chi connectivity index (χ1) is 11.8. The number of furan rings is 1. The van der Waals surface area contributed by atoms with Crippen LogP contribution >= 0.6 is 0 Å². The predicted octanol–water partition coefficient (Wildman–Crippen LogP) is 0.956. The monoisotopic (exact) mass is 366 g/mol. The highest BCUT2D eigenvalue weighted by Gasteiger charge is 2.30. The first-order valence-corrected chi connectivity index (χ1v) is 8.82. The molecule has 0 aliphatic heterocycles. The van der Waals surface area contributed by atoms with Crippen LogP contribution in [-0.2, 0) is 21.2 Å². The highest BCUT2D eigenvalue weighted by molar-refractivity contribution is 7.89. The number of carboxylic acids is 1. The van der Waals surface area contributed by atoms with Crippen molar-refractivity contribution in [1.29, 1.82) is 0 Å². The van der Waals surface area contributed by atoms with Crippen LogP contribution in [0.1, 0.15) is 16.1 Å². The van der Waals surface area contributed by atoms with E-state index in [4.69, 9.17) is 4.42 Å². The van der Waals surface area contributed by atoms with Crippen LogP contribution in [0.5, 0.6) is 0 Å². The van der Waals surface area contributed by atoms with Gasteiger partial charge in [-0.05, 0) is 24.7 Å². The zero-order chi connectivity index (χ0) is 18.6. The van der Waals surface area contributed by atoms with Crippen molar-refractivity contribution in [2.75, 3.05) is 14.1 Å². The summed E-state index contributed by atoms with van der Waals surface area (Å²) in [6.45, 7) is 0. The topological polar surface area (TPSA) is 117 Å². The minimum absolute atomic E-state index is 0.112. The molecule has 0 aliphatic carbocycles. The highest BCUT2D eigenvalue weighted by Crippen LogP contribution is 2.17. The molecule has 1 unspecified atom stereocenters. The molecule has 1 atom stereocenters. The van der Waals surface area contributed by atoms with Gasteiger partial charge in [-0.2, -0.15) is 0 Å². The molecule has 0 radical (unpaired) electrons. The summed E-state index contributed by atoms with van der Waals surface area (Å²) in [5.41, 5.74) is 0.757. The Bertz CT molecular complexity index is 860. The predicted molar refractivity (Wildman–Crippen MR) is 88.6 cm³/mol. The fraction of sp³-hybridized carbons (Fsp3) is 0.250. The van der Waals surface area contributed by atoms with Crippen LogP contribution in [0, 0.1) is 0 Å². The molecule has 25 heavy (non-hydrogen) atoms. The lowest BCUT2D eigenvalue weighted by molar-refractivity contribution is -0.141. The van der Waals surface area contributed by atoms with Crippen molar-refractivity contribution in [3.8, 4) is 0 Å². The maximum Gasteiger partial charge on any atom is 0.326 e. The van der Waals surface area contributed by atoms with Gasteiger partial charge in [0.1, 0.15) is 6.04 Å². The molecule has 134 valence electrons. The Kier molecular flexibility index (Phi) is 5.60. The molecule has 2 rings (SSSR count). The summed E-state index contributed by atoms with van der Waals surface area (Å²) in [5, 5.41) is 9.03. The van der Waals surface area contributed by atoms with Gasteiger partial charge in [-0.1, -0.05) is 30.3 Å². The number of carbonyl (C=O) groups excluding carboxylic acids is 1. The van der Waals surface area contributed by atoms with Crippen molar-refractivity contribution in [2.45, 2.75) is 17.6 Å². The van der Waals surface area contributed by atoms with Crippen molar-refractivity contribution in [2.24, 2.45) is 0 Å². The highest BCUT2D eigenvalue weighted by atomic mass is 32.2. The van der Waals surface area contributed by atoms with Gasteiger partial charge in [0.2, 0.25) is 5.09 Å². The van der Waals surface area contributed by atoms with Crippen molar-refractivity contribution >= 4 is 21.9 Å². The number of carboxylic acid groups (broad SMARTS) is 1. The van der Waals surface area contributed by atoms with Crippen LogP contribution in [0.3, 0.4) is 0 Å². The first kappa shape index (κ1) is 18.7. The molecule has 1 amide bonds. The van der Waals surface area contributed by atoms with Gasteiger partial charge in [-0.3, -0.25) is 4.79 Å². The molecule has 0 fully saturated rings. The third kappa shape index (κ3) is 4.25. The zero-order valence-corrected chi connectivity index (χ0v) is 14.5. The third-order valence-electron chi connectivity index (χ3n) is 3.67. The summed E-state index contributed by atoms with van der Waals surface area (Å²) < 4.78 is 30.5. The molecule has 1 aromatic heterocycles. The summed E-state index contributed by atoms with van der Waals surface area (Å²) in [4.78, 5) is 25.0. The molecule has 0 saturated carbocycles. The van der Waals surface area contributed by atoms with E-state index in [9.17, 15) is 23.1 Å². The summed E-state index contributed by atoms with van der Waals surface area (Å²) in [6, 6.07) is 10.1. The molecule has 1 heterocycles. The second-order valence-corrected chi connectivity index (χ2v) is 7.10. The first-order valence-electron chi connectivity index (χ1n) is 7.33. The normalized spacial score (nSPS) is 12.6. The van der Waals surface area contributed by atoms with Crippen LogP contribution in [0.25, 0.3) is 0 Å². The Hall–Kier alpha value is -2.65. The molecule has 0 saturated heterocycles. The summed E-state index contributed by atoms with van der Waals surface area (Å²) >= 11 is 0. The second-order valence-electron chi connectivity index (χ2n) is 5.29. The summed E-state index contributed by atoms with van der Waals surface area (Å²) in [7, 11) is -1.28. The Morgan fingerprint density at radius 3 is 2.40 bits per heavy atom. The van der Waals surface area contributed by atoms with E-state index in [0.29, 0.717) is 0 Å². The van der Waals surface area contributed by atoms with Crippen LogP contribution in [-0.4, -0.2) is 50.4 Å². The average molecular weight is 366 g/mol. The fourth-order valence-corrected chi connectivity index (χ4v) is 2.87. The smallest absolute Gasteiger partial charge is 0.326 e. The van der Waals surface area contributed by atoms with E-state index < -0.39 is 33.0 Å². The van der Waals surface area contributed by atoms with E-state index in [0.717, 1.165) is 16.5 Å². The van der Waals surface area contributed by atoms with E-state index in [1.165, 1.54) is 20.2 Å². The molecular formula is C16H18N2O6S. The maximum absolute atomic E-state index is 12.5. The lowest BCUT2D eigenvalue weighted by Gasteiger charge is -2.24. The lowest BCUT2D eigenvalue weighted by atomic mass is 10.0. The molecular weight excluding hydrogens is 348 g/mol.